The molecule has 4 fully saturated rings. The number of fused-ring (bicyclic) bond motifs is 3. The molecule has 13 rings (SSSR count). The molecule has 0 saturated heterocycles. The summed E-state index contributed by atoms with van der Waals surface area (Å²) in [7, 11) is 0. The van der Waals surface area contributed by atoms with Gasteiger partial charge in [-0.1, -0.05) is 152 Å². The fourth-order valence-electron chi connectivity index (χ4n) is 12.1. The Morgan fingerprint density at radius 2 is 0.867 bits per heavy atom. The molecule has 8 aromatic carbocycles. The Balaban J connectivity index is 1.04. The summed E-state index contributed by atoms with van der Waals surface area (Å²) < 4.78 is 2.51. The molecule has 9 aromatic rings. The third-order valence-corrected chi connectivity index (χ3v) is 14.4. The number of aromatic nitrogens is 1. The van der Waals surface area contributed by atoms with Gasteiger partial charge in [-0.3, -0.25) is 0 Å². The van der Waals surface area contributed by atoms with Gasteiger partial charge in [0.2, 0.25) is 0 Å². The lowest BCUT2D eigenvalue weighted by atomic mass is 9.48. The van der Waals surface area contributed by atoms with Crippen LogP contribution >= 0.6 is 0 Å². The van der Waals surface area contributed by atoms with Crippen molar-refractivity contribution in [2.24, 2.45) is 17.8 Å². The summed E-state index contributed by atoms with van der Waals surface area (Å²) >= 11 is 0. The van der Waals surface area contributed by atoms with Crippen LogP contribution in [0, 0.1) is 17.8 Å². The Morgan fingerprint density at radius 1 is 0.383 bits per heavy atom. The maximum Gasteiger partial charge on any atom is 0.0562 e. The van der Waals surface area contributed by atoms with Crippen molar-refractivity contribution in [1.29, 1.82) is 0 Å². The van der Waals surface area contributed by atoms with E-state index in [2.05, 4.69) is 210 Å². The molecule has 0 aliphatic heterocycles. The minimum Gasteiger partial charge on any atom is -0.310 e. The van der Waals surface area contributed by atoms with E-state index in [1.54, 1.807) is 5.56 Å². The monoisotopic (exact) mass is 772 g/mol. The van der Waals surface area contributed by atoms with Crippen LogP contribution in [0.4, 0.5) is 17.1 Å². The van der Waals surface area contributed by atoms with Gasteiger partial charge in [0.25, 0.3) is 0 Å². The predicted molar refractivity (Wildman–Crippen MR) is 252 cm³/mol. The highest BCUT2D eigenvalue weighted by molar-refractivity contribution is 6.11. The van der Waals surface area contributed by atoms with Crippen molar-refractivity contribution in [3.8, 4) is 39.1 Å². The zero-order valence-corrected chi connectivity index (χ0v) is 33.9. The van der Waals surface area contributed by atoms with Crippen molar-refractivity contribution in [3.05, 3.63) is 206 Å². The van der Waals surface area contributed by atoms with Gasteiger partial charge in [0.15, 0.2) is 0 Å². The van der Waals surface area contributed by atoms with Crippen molar-refractivity contribution < 1.29 is 0 Å². The maximum atomic E-state index is 2.51. The van der Waals surface area contributed by atoms with Gasteiger partial charge in [-0.05, 0) is 144 Å². The van der Waals surface area contributed by atoms with Crippen molar-refractivity contribution in [2.75, 3.05) is 4.90 Å². The largest absolute Gasteiger partial charge is 0.310 e. The number of hydrogen-bond donors (Lipinski definition) is 0. The number of anilines is 3. The molecule has 290 valence electrons. The number of para-hydroxylation sites is 1. The molecule has 4 aliphatic rings. The summed E-state index contributed by atoms with van der Waals surface area (Å²) in [4.78, 5) is 2.47. The van der Waals surface area contributed by atoms with E-state index in [0.29, 0.717) is 5.41 Å². The van der Waals surface area contributed by atoms with Crippen LogP contribution in [0.1, 0.15) is 44.1 Å². The quantitative estimate of drug-likeness (QED) is 0.149. The van der Waals surface area contributed by atoms with Gasteiger partial charge < -0.3 is 9.47 Å². The molecule has 2 heteroatoms. The normalized spacial score (nSPS) is 20.5. The zero-order chi connectivity index (χ0) is 39.6. The lowest BCUT2D eigenvalue weighted by Crippen LogP contribution is -2.48. The van der Waals surface area contributed by atoms with Crippen LogP contribution in [0.5, 0.6) is 0 Å². The van der Waals surface area contributed by atoms with Crippen LogP contribution in [0.15, 0.2) is 200 Å². The number of hydrogen-bond acceptors (Lipinski definition) is 1. The van der Waals surface area contributed by atoms with E-state index in [0.717, 1.165) is 29.1 Å². The lowest BCUT2D eigenvalue weighted by Gasteiger charge is -2.57. The van der Waals surface area contributed by atoms with Crippen LogP contribution in [-0.4, -0.2) is 4.57 Å². The summed E-state index contributed by atoms with van der Waals surface area (Å²) in [6.45, 7) is 0. The van der Waals surface area contributed by atoms with Gasteiger partial charge in [-0.2, -0.15) is 0 Å². The van der Waals surface area contributed by atoms with E-state index in [9.17, 15) is 0 Å². The molecule has 0 N–H and O–H groups in total. The zero-order valence-electron chi connectivity index (χ0n) is 33.9. The Labute approximate surface area is 353 Å². The molecule has 0 radical (unpaired) electrons. The van der Waals surface area contributed by atoms with Crippen molar-refractivity contribution in [1.82, 2.24) is 4.57 Å². The van der Waals surface area contributed by atoms with Gasteiger partial charge >= 0.3 is 0 Å². The predicted octanol–water partition coefficient (Wildman–Crippen LogP) is 15.7. The first kappa shape index (κ1) is 35.3. The average Bonchev–Trinajstić information content (AvgIpc) is 3.63. The summed E-state index contributed by atoms with van der Waals surface area (Å²) in [6, 6.07) is 74.3. The van der Waals surface area contributed by atoms with Gasteiger partial charge in [0.1, 0.15) is 0 Å². The van der Waals surface area contributed by atoms with E-state index in [1.807, 2.05) is 0 Å². The highest BCUT2D eigenvalue weighted by Crippen LogP contribution is 2.61. The molecule has 4 bridgehead atoms. The SMILES string of the molecule is c1ccc(-c2ccc(N(c3ccc(C45CC6CC(CC(C6)C4)C5)cc3)c3ccc4c5ccccc5n(-c5cc(-c6ccccc6)ccc5-c5ccccc5)c4c3)cc2)cc1. The Bertz CT molecular complexity index is 2940. The second-order valence-electron chi connectivity index (χ2n) is 18.0. The number of benzene rings is 8. The van der Waals surface area contributed by atoms with Gasteiger partial charge in [-0.15, -0.1) is 0 Å². The summed E-state index contributed by atoms with van der Waals surface area (Å²) in [5.74, 6) is 2.76. The molecule has 0 spiro atoms. The fraction of sp³-hybridized carbons (Fsp3) is 0.172. The van der Waals surface area contributed by atoms with Crippen LogP contribution in [0.25, 0.3) is 60.9 Å². The highest BCUT2D eigenvalue weighted by atomic mass is 15.1. The fourth-order valence-corrected chi connectivity index (χ4v) is 12.1. The minimum atomic E-state index is 0.361. The lowest BCUT2D eigenvalue weighted by molar-refractivity contribution is -0.00518. The average molecular weight is 773 g/mol. The molecule has 0 atom stereocenters. The summed E-state index contributed by atoms with van der Waals surface area (Å²) in [5, 5.41) is 2.50. The molecule has 60 heavy (non-hydrogen) atoms. The van der Waals surface area contributed by atoms with Gasteiger partial charge in [-0.25, -0.2) is 0 Å². The first-order valence-electron chi connectivity index (χ1n) is 22.0. The Morgan fingerprint density at radius 3 is 1.50 bits per heavy atom. The molecule has 4 aliphatic carbocycles. The Kier molecular flexibility index (Phi) is 8.40. The first-order chi connectivity index (χ1) is 29.7. The molecule has 1 aromatic heterocycles. The summed E-state index contributed by atoms with van der Waals surface area (Å²) in [5.41, 5.74) is 16.2. The summed E-state index contributed by atoms with van der Waals surface area (Å²) in [6.07, 6.45) is 8.52. The van der Waals surface area contributed by atoms with E-state index >= 15 is 0 Å². The van der Waals surface area contributed by atoms with Gasteiger partial charge in [0.05, 0.1) is 16.7 Å². The van der Waals surface area contributed by atoms with Crippen LogP contribution in [0.3, 0.4) is 0 Å². The highest BCUT2D eigenvalue weighted by Gasteiger charge is 2.51. The second-order valence-corrected chi connectivity index (χ2v) is 18.0. The van der Waals surface area contributed by atoms with Crippen molar-refractivity contribution in [3.63, 3.8) is 0 Å². The third kappa shape index (κ3) is 6.00. The molecular weight excluding hydrogens is 725 g/mol. The van der Waals surface area contributed by atoms with Crippen LogP contribution in [-0.2, 0) is 5.41 Å². The van der Waals surface area contributed by atoms with Crippen LogP contribution in [0.2, 0.25) is 0 Å². The van der Waals surface area contributed by atoms with E-state index < -0.39 is 0 Å². The molecule has 0 unspecified atom stereocenters. The topological polar surface area (TPSA) is 8.17 Å². The van der Waals surface area contributed by atoms with E-state index in [1.165, 1.54) is 105 Å². The minimum absolute atomic E-state index is 0.361. The second kappa shape index (κ2) is 14.3. The first-order valence-corrected chi connectivity index (χ1v) is 22.0. The Hall–Kier alpha value is -6.64. The van der Waals surface area contributed by atoms with E-state index in [-0.39, 0.29) is 0 Å². The molecular formula is C58H48N2. The molecule has 2 nitrogen and oxygen atoms in total. The number of rotatable bonds is 8. The molecule has 0 amide bonds. The maximum absolute atomic E-state index is 2.51. The van der Waals surface area contributed by atoms with Gasteiger partial charge in [0, 0.05) is 33.4 Å². The van der Waals surface area contributed by atoms with Crippen molar-refractivity contribution >= 4 is 38.9 Å². The standard InChI is InChI=1S/C58H48N2/c1-4-12-43(13-5-1)45-20-25-49(26-21-45)59(50-27-23-48(24-28-50)58-37-40-32-41(38-58)34-42(33-40)39-58)51-29-31-54-53-18-10-11-19-55(53)60(57(54)36-51)56-35-47(44-14-6-2-7-15-44)22-30-52(56)46-16-8-3-9-17-46/h1-31,35-36,40-42H,32-34,37-39H2. The van der Waals surface area contributed by atoms with E-state index in [4.69, 9.17) is 0 Å². The smallest absolute Gasteiger partial charge is 0.0562 e. The third-order valence-electron chi connectivity index (χ3n) is 14.4. The molecule has 1 heterocycles. The molecule has 4 saturated carbocycles. The van der Waals surface area contributed by atoms with Crippen LogP contribution < -0.4 is 4.90 Å². The van der Waals surface area contributed by atoms with Crippen molar-refractivity contribution in [2.45, 2.75) is 43.9 Å². The number of nitrogens with zero attached hydrogens (tertiary/aromatic N) is 2.